The second-order valence-electron chi connectivity index (χ2n) is 3.76. The fraction of sp³-hybridized carbons (Fsp3) is 0.364. The average molecular weight is 239 g/mol. The molecule has 1 N–H and O–H groups in total. The van der Waals surface area contributed by atoms with Gasteiger partial charge >= 0.3 is 5.97 Å². The Morgan fingerprint density at radius 2 is 2.00 bits per heavy atom. The number of carboxylic acid groups (broad SMARTS) is 1. The summed E-state index contributed by atoms with van der Waals surface area (Å²) in [5.41, 5.74) is 1.10. The van der Waals surface area contributed by atoms with E-state index in [0.717, 1.165) is 0 Å². The minimum Gasteiger partial charge on any atom is -0.479 e. The van der Waals surface area contributed by atoms with Crippen molar-refractivity contribution in [1.82, 2.24) is 0 Å². The summed E-state index contributed by atoms with van der Waals surface area (Å²) in [6.07, 6.45) is -1.05. The molecule has 1 unspecified atom stereocenters. The zero-order valence-corrected chi connectivity index (χ0v) is 9.76. The number of carboxylic acids is 1. The quantitative estimate of drug-likeness (QED) is 0.641. The second kappa shape index (κ2) is 4.82. The molecule has 6 heteroatoms. The van der Waals surface area contributed by atoms with Crippen LogP contribution in [0, 0.1) is 24.0 Å². The van der Waals surface area contributed by atoms with Gasteiger partial charge in [0.2, 0.25) is 0 Å². The minimum absolute atomic E-state index is 0.0804. The number of benzene rings is 1. The Hall–Kier alpha value is -2.11. The van der Waals surface area contributed by atoms with Crippen LogP contribution in [0.15, 0.2) is 12.1 Å². The standard InChI is InChI=1S/C11H13NO5/c1-6-4-7(2)10(5-9(6)12(15)16)17-8(3)11(13)14/h4-5,8H,1-3H3,(H,13,14). The third-order valence-electron chi connectivity index (χ3n) is 2.34. The maximum absolute atomic E-state index is 10.7. The molecule has 0 bridgehead atoms. The first-order valence-electron chi connectivity index (χ1n) is 4.98. The van der Waals surface area contributed by atoms with Crippen LogP contribution in [0.5, 0.6) is 5.75 Å². The summed E-state index contributed by atoms with van der Waals surface area (Å²) in [4.78, 5) is 20.9. The van der Waals surface area contributed by atoms with E-state index in [2.05, 4.69) is 0 Å². The van der Waals surface area contributed by atoms with Crippen LogP contribution < -0.4 is 4.74 Å². The molecule has 1 aromatic rings. The molecule has 92 valence electrons. The lowest BCUT2D eigenvalue weighted by molar-refractivity contribution is -0.385. The molecule has 6 nitrogen and oxygen atoms in total. The SMILES string of the molecule is Cc1cc(C)c([N+](=O)[O-])cc1OC(C)C(=O)O. The highest BCUT2D eigenvalue weighted by atomic mass is 16.6. The summed E-state index contributed by atoms with van der Waals surface area (Å²) in [6.45, 7) is 4.70. The van der Waals surface area contributed by atoms with Crippen LogP contribution in [0.3, 0.4) is 0 Å². The van der Waals surface area contributed by atoms with Crippen molar-refractivity contribution < 1.29 is 19.6 Å². The zero-order valence-electron chi connectivity index (χ0n) is 9.76. The van der Waals surface area contributed by atoms with Gasteiger partial charge in [-0.15, -0.1) is 0 Å². The van der Waals surface area contributed by atoms with Crippen LogP contribution >= 0.6 is 0 Å². The molecule has 0 saturated heterocycles. The lowest BCUT2D eigenvalue weighted by Gasteiger charge is -2.13. The highest BCUT2D eigenvalue weighted by Crippen LogP contribution is 2.28. The second-order valence-corrected chi connectivity index (χ2v) is 3.76. The summed E-state index contributed by atoms with van der Waals surface area (Å²) in [5, 5.41) is 19.4. The maximum Gasteiger partial charge on any atom is 0.344 e. The Labute approximate surface area is 98.0 Å². The van der Waals surface area contributed by atoms with E-state index < -0.39 is 17.0 Å². The van der Waals surface area contributed by atoms with Crippen molar-refractivity contribution in [2.45, 2.75) is 26.9 Å². The molecule has 1 rings (SSSR count). The Balaban J connectivity index is 3.12. The fourth-order valence-electron chi connectivity index (χ4n) is 1.39. The topological polar surface area (TPSA) is 89.7 Å². The van der Waals surface area contributed by atoms with Gasteiger partial charge in [0.25, 0.3) is 5.69 Å². The molecule has 1 atom stereocenters. The van der Waals surface area contributed by atoms with Gasteiger partial charge in [0.1, 0.15) is 5.75 Å². The summed E-state index contributed by atoms with van der Waals surface area (Å²) < 4.78 is 5.15. The first kappa shape index (κ1) is 13.0. The number of nitro groups is 1. The van der Waals surface area contributed by atoms with Crippen molar-refractivity contribution in [2.24, 2.45) is 0 Å². The molecule has 0 aromatic heterocycles. The Morgan fingerprint density at radius 3 is 2.47 bits per heavy atom. The fourth-order valence-corrected chi connectivity index (χ4v) is 1.39. The van der Waals surface area contributed by atoms with Gasteiger partial charge in [0.15, 0.2) is 6.10 Å². The van der Waals surface area contributed by atoms with Gasteiger partial charge in [-0.05, 0) is 32.4 Å². The largest absolute Gasteiger partial charge is 0.479 e. The molecule has 0 aliphatic rings. The first-order valence-corrected chi connectivity index (χ1v) is 4.98. The van der Waals surface area contributed by atoms with E-state index in [1.165, 1.54) is 13.0 Å². The summed E-state index contributed by atoms with van der Waals surface area (Å²) in [7, 11) is 0. The number of aliphatic carboxylic acids is 1. The van der Waals surface area contributed by atoms with Gasteiger partial charge in [-0.2, -0.15) is 0 Å². The predicted molar refractivity (Wildman–Crippen MR) is 60.3 cm³/mol. The highest BCUT2D eigenvalue weighted by Gasteiger charge is 2.18. The molecule has 0 aliphatic carbocycles. The lowest BCUT2D eigenvalue weighted by Crippen LogP contribution is -2.23. The lowest BCUT2D eigenvalue weighted by atomic mass is 10.1. The number of nitrogens with zero attached hydrogens (tertiary/aromatic N) is 1. The first-order chi connectivity index (χ1) is 7.82. The number of hydrogen-bond acceptors (Lipinski definition) is 4. The number of ether oxygens (including phenoxy) is 1. The molecule has 0 radical (unpaired) electrons. The van der Waals surface area contributed by atoms with Crippen LogP contribution in [0.2, 0.25) is 0 Å². The van der Waals surface area contributed by atoms with Gasteiger partial charge < -0.3 is 9.84 Å². The molecular formula is C11H13NO5. The molecule has 1 aromatic carbocycles. The maximum atomic E-state index is 10.7. The van der Waals surface area contributed by atoms with E-state index in [-0.39, 0.29) is 11.4 Å². The van der Waals surface area contributed by atoms with Crippen molar-refractivity contribution in [3.63, 3.8) is 0 Å². The summed E-state index contributed by atoms with van der Waals surface area (Å²) >= 11 is 0. The van der Waals surface area contributed by atoms with Gasteiger partial charge in [-0.25, -0.2) is 4.79 Å². The van der Waals surface area contributed by atoms with Crippen molar-refractivity contribution >= 4 is 11.7 Å². The van der Waals surface area contributed by atoms with Crippen molar-refractivity contribution in [3.8, 4) is 5.75 Å². The molecule has 0 amide bonds. The van der Waals surface area contributed by atoms with Gasteiger partial charge in [0.05, 0.1) is 11.0 Å². The van der Waals surface area contributed by atoms with Crippen LogP contribution in [0.25, 0.3) is 0 Å². The average Bonchev–Trinajstić information content (AvgIpc) is 2.21. The monoisotopic (exact) mass is 239 g/mol. The molecule has 0 saturated carbocycles. The van der Waals surface area contributed by atoms with E-state index in [1.54, 1.807) is 19.9 Å². The van der Waals surface area contributed by atoms with E-state index in [0.29, 0.717) is 11.1 Å². The normalized spacial score (nSPS) is 11.9. The minimum atomic E-state index is -1.12. The van der Waals surface area contributed by atoms with Gasteiger partial charge in [0, 0.05) is 5.56 Å². The number of rotatable bonds is 4. The Kier molecular flexibility index (Phi) is 3.67. The van der Waals surface area contributed by atoms with E-state index >= 15 is 0 Å². The van der Waals surface area contributed by atoms with Gasteiger partial charge in [-0.1, -0.05) is 0 Å². The van der Waals surface area contributed by atoms with E-state index in [4.69, 9.17) is 9.84 Å². The van der Waals surface area contributed by atoms with Crippen molar-refractivity contribution in [1.29, 1.82) is 0 Å². The number of carbonyl (C=O) groups is 1. The van der Waals surface area contributed by atoms with Crippen molar-refractivity contribution in [3.05, 3.63) is 33.4 Å². The molecule has 0 spiro atoms. The highest BCUT2D eigenvalue weighted by molar-refractivity contribution is 5.72. The number of aryl methyl sites for hydroxylation is 2. The summed E-state index contributed by atoms with van der Waals surface area (Å²) in [6, 6.07) is 2.85. The molecular weight excluding hydrogens is 226 g/mol. The van der Waals surface area contributed by atoms with Crippen LogP contribution in [-0.2, 0) is 4.79 Å². The van der Waals surface area contributed by atoms with E-state index in [9.17, 15) is 14.9 Å². The third kappa shape index (κ3) is 2.93. The molecule has 17 heavy (non-hydrogen) atoms. The number of hydrogen-bond donors (Lipinski definition) is 1. The molecule has 0 fully saturated rings. The summed E-state index contributed by atoms with van der Waals surface area (Å²) in [5.74, 6) is -0.898. The molecule has 0 aliphatic heterocycles. The Bertz CT molecular complexity index is 469. The number of nitro benzene ring substituents is 1. The van der Waals surface area contributed by atoms with Gasteiger partial charge in [-0.3, -0.25) is 10.1 Å². The van der Waals surface area contributed by atoms with Crippen molar-refractivity contribution in [2.75, 3.05) is 0 Å². The third-order valence-corrected chi connectivity index (χ3v) is 2.34. The zero-order chi connectivity index (χ0) is 13.2. The van der Waals surface area contributed by atoms with Crippen LogP contribution in [-0.4, -0.2) is 22.1 Å². The van der Waals surface area contributed by atoms with Crippen LogP contribution in [0.4, 0.5) is 5.69 Å². The van der Waals surface area contributed by atoms with E-state index in [1.807, 2.05) is 0 Å². The van der Waals surface area contributed by atoms with Crippen LogP contribution in [0.1, 0.15) is 18.1 Å². The smallest absolute Gasteiger partial charge is 0.344 e. The molecule has 0 heterocycles. The predicted octanol–water partition coefficient (Wildman–Crippen LogP) is 2.06. The Morgan fingerprint density at radius 1 is 1.41 bits per heavy atom.